The molecule has 1 saturated heterocycles. The van der Waals surface area contributed by atoms with Crippen LogP contribution in [0, 0.1) is 11.2 Å². The first-order valence-corrected chi connectivity index (χ1v) is 11.1. The van der Waals surface area contributed by atoms with Crippen molar-refractivity contribution in [2.75, 3.05) is 20.1 Å². The van der Waals surface area contributed by atoms with Crippen molar-refractivity contribution in [3.63, 3.8) is 0 Å². The van der Waals surface area contributed by atoms with Crippen LogP contribution < -0.4 is 4.74 Å². The molecule has 2 heterocycles. The van der Waals surface area contributed by atoms with E-state index >= 15 is 0 Å². The Labute approximate surface area is 189 Å². The van der Waals surface area contributed by atoms with Crippen LogP contribution in [0.5, 0.6) is 5.75 Å². The molecule has 0 radical (unpaired) electrons. The third-order valence-corrected chi connectivity index (χ3v) is 6.54. The number of nitrogens with zero attached hydrogens (tertiary/aromatic N) is 2. The number of aromatic nitrogens is 1. The number of likely N-dealkylation sites (tertiary alicyclic amines) is 1. The average Bonchev–Trinajstić information content (AvgIpc) is 2.77. The summed E-state index contributed by atoms with van der Waals surface area (Å²) >= 11 is 0. The van der Waals surface area contributed by atoms with Crippen LogP contribution in [0.1, 0.15) is 48.9 Å². The normalized spacial score (nSPS) is 17.6. The zero-order valence-corrected chi connectivity index (χ0v) is 19.2. The summed E-state index contributed by atoms with van der Waals surface area (Å²) in [5, 5.41) is 12.3. The molecule has 0 amide bonds. The molecule has 0 bridgehead atoms. The van der Waals surface area contributed by atoms with Crippen molar-refractivity contribution in [1.82, 2.24) is 9.88 Å². The number of benzene rings is 2. The van der Waals surface area contributed by atoms with Crippen molar-refractivity contribution < 1.29 is 14.2 Å². The Bertz CT molecular complexity index is 1060. The highest BCUT2D eigenvalue weighted by molar-refractivity contribution is 5.42. The molecular formula is C27H31FN2O2. The van der Waals surface area contributed by atoms with Gasteiger partial charge >= 0.3 is 0 Å². The van der Waals surface area contributed by atoms with Crippen molar-refractivity contribution in [1.29, 1.82) is 0 Å². The van der Waals surface area contributed by atoms with Crippen molar-refractivity contribution in [3.8, 4) is 5.75 Å². The van der Waals surface area contributed by atoms with E-state index in [1.54, 1.807) is 24.5 Å². The molecule has 32 heavy (non-hydrogen) atoms. The van der Waals surface area contributed by atoms with Crippen LogP contribution in [0.15, 0.2) is 67.0 Å². The number of halogens is 1. The van der Waals surface area contributed by atoms with E-state index in [1.807, 2.05) is 18.2 Å². The lowest BCUT2D eigenvalue weighted by Gasteiger charge is -2.55. The highest BCUT2D eigenvalue weighted by Crippen LogP contribution is 2.50. The Balaban J connectivity index is 1.67. The molecule has 168 valence electrons. The Morgan fingerprint density at radius 2 is 1.72 bits per heavy atom. The lowest BCUT2D eigenvalue weighted by molar-refractivity contribution is -0.127. The second-order valence-electron chi connectivity index (χ2n) is 9.54. The number of ether oxygens (including phenoxy) is 1. The zero-order chi connectivity index (χ0) is 22.9. The lowest BCUT2D eigenvalue weighted by Crippen LogP contribution is -2.63. The van der Waals surface area contributed by atoms with Crippen molar-refractivity contribution >= 4 is 0 Å². The van der Waals surface area contributed by atoms with E-state index in [0.717, 1.165) is 29.8 Å². The van der Waals surface area contributed by atoms with Crippen molar-refractivity contribution in [3.05, 3.63) is 95.1 Å². The molecule has 0 saturated carbocycles. The molecule has 0 aliphatic carbocycles. The fraction of sp³-hybridized carbons (Fsp3) is 0.370. The highest BCUT2D eigenvalue weighted by Gasteiger charge is 2.55. The number of hydrogen-bond acceptors (Lipinski definition) is 4. The Kier molecular flexibility index (Phi) is 6.06. The van der Waals surface area contributed by atoms with E-state index in [4.69, 9.17) is 4.74 Å². The van der Waals surface area contributed by atoms with Gasteiger partial charge in [0.2, 0.25) is 0 Å². The van der Waals surface area contributed by atoms with E-state index in [2.05, 4.69) is 49.8 Å². The van der Waals surface area contributed by atoms with Gasteiger partial charge in [0, 0.05) is 42.0 Å². The molecule has 2 aromatic carbocycles. The van der Waals surface area contributed by atoms with Crippen LogP contribution in [0.3, 0.4) is 0 Å². The first-order valence-electron chi connectivity index (χ1n) is 11.1. The number of pyridine rings is 1. The monoisotopic (exact) mass is 434 g/mol. The summed E-state index contributed by atoms with van der Waals surface area (Å²) in [4.78, 5) is 6.64. The minimum Gasteiger partial charge on any atom is -0.489 e. The number of rotatable bonds is 7. The van der Waals surface area contributed by atoms with Gasteiger partial charge in [0.15, 0.2) is 0 Å². The molecule has 1 aliphatic heterocycles. The Hall–Kier alpha value is -2.76. The van der Waals surface area contributed by atoms with Crippen LogP contribution in [-0.4, -0.2) is 35.1 Å². The van der Waals surface area contributed by atoms with E-state index < -0.39 is 5.60 Å². The first-order chi connectivity index (χ1) is 15.2. The maximum absolute atomic E-state index is 13.1. The topological polar surface area (TPSA) is 45.6 Å². The van der Waals surface area contributed by atoms with Crippen LogP contribution in [0.2, 0.25) is 0 Å². The Morgan fingerprint density at radius 3 is 2.31 bits per heavy atom. The van der Waals surface area contributed by atoms with E-state index in [9.17, 15) is 9.50 Å². The molecule has 1 aliphatic rings. The molecule has 1 N–H and O–H groups in total. The van der Waals surface area contributed by atoms with Gasteiger partial charge in [0.05, 0.1) is 0 Å². The average molecular weight is 435 g/mol. The second-order valence-corrected chi connectivity index (χ2v) is 9.54. The largest absolute Gasteiger partial charge is 0.489 e. The molecular weight excluding hydrogens is 403 g/mol. The molecule has 1 aromatic heterocycles. The smallest absolute Gasteiger partial charge is 0.124 e. The van der Waals surface area contributed by atoms with Gasteiger partial charge in [-0.1, -0.05) is 45.0 Å². The van der Waals surface area contributed by atoms with E-state index in [1.165, 1.54) is 17.7 Å². The quantitative estimate of drug-likeness (QED) is 0.561. The van der Waals surface area contributed by atoms with Crippen molar-refractivity contribution in [2.45, 2.75) is 38.9 Å². The standard InChI is InChI=1S/C27H31FN2O2/c1-19(2)21-5-7-22(8-6-21)27(31,26(3)17-30(4)18-26)23-13-20(14-29-15-23)16-32-25-11-9-24(28)10-12-25/h5-15,19,31H,16-18H2,1-4H3/t27-/m0/s1. The molecule has 4 rings (SSSR count). The molecule has 4 nitrogen and oxygen atoms in total. The summed E-state index contributed by atoms with van der Waals surface area (Å²) in [5.41, 5.74) is 2.18. The van der Waals surface area contributed by atoms with E-state index in [-0.39, 0.29) is 17.8 Å². The van der Waals surface area contributed by atoms with Gasteiger partial charge in [-0.3, -0.25) is 4.98 Å². The maximum Gasteiger partial charge on any atom is 0.124 e. The number of aliphatic hydroxyl groups is 1. The third-order valence-electron chi connectivity index (χ3n) is 6.54. The molecule has 3 aromatic rings. The summed E-state index contributed by atoms with van der Waals surface area (Å²) in [6.45, 7) is 8.31. The highest BCUT2D eigenvalue weighted by atomic mass is 19.1. The molecule has 0 unspecified atom stereocenters. The summed E-state index contributed by atoms with van der Waals surface area (Å²) < 4.78 is 19.0. The fourth-order valence-electron chi connectivity index (χ4n) is 4.81. The van der Waals surface area contributed by atoms with Crippen LogP contribution in [0.25, 0.3) is 0 Å². The molecule has 0 spiro atoms. The van der Waals surface area contributed by atoms with Gasteiger partial charge in [-0.25, -0.2) is 4.39 Å². The maximum atomic E-state index is 13.1. The van der Waals surface area contributed by atoms with Crippen LogP contribution >= 0.6 is 0 Å². The summed E-state index contributed by atoms with van der Waals surface area (Å²) in [6.07, 6.45) is 3.49. The Morgan fingerprint density at radius 1 is 1.06 bits per heavy atom. The predicted molar refractivity (Wildman–Crippen MR) is 124 cm³/mol. The van der Waals surface area contributed by atoms with Gasteiger partial charge in [-0.05, 0) is 54.4 Å². The molecule has 1 fully saturated rings. The molecule has 1 atom stereocenters. The zero-order valence-electron chi connectivity index (χ0n) is 19.2. The summed E-state index contributed by atoms with van der Waals surface area (Å²) in [7, 11) is 2.06. The van der Waals surface area contributed by atoms with Crippen LogP contribution in [0.4, 0.5) is 4.39 Å². The van der Waals surface area contributed by atoms with Gasteiger partial charge in [-0.15, -0.1) is 0 Å². The minimum atomic E-state index is -1.19. The fourth-order valence-corrected chi connectivity index (χ4v) is 4.81. The van der Waals surface area contributed by atoms with Gasteiger partial charge < -0.3 is 14.7 Å². The third kappa shape index (κ3) is 4.15. The van der Waals surface area contributed by atoms with Crippen LogP contribution in [-0.2, 0) is 12.2 Å². The second kappa shape index (κ2) is 8.64. The lowest BCUT2D eigenvalue weighted by atomic mass is 9.62. The SMILES string of the molecule is CC(C)c1ccc([C@](O)(c2cncc(COc3ccc(F)cc3)c2)C2(C)CN(C)C2)cc1. The molecule has 5 heteroatoms. The van der Waals surface area contributed by atoms with Gasteiger partial charge in [0.1, 0.15) is 23.8 Å². The van der Waals surface area contributed by atoms with Gasteiger partial charge in [0.25, 0.3) is 0 Å². The van der Waals surface area contributed by atoms with E-state index in [0.29, 0.717) is 11.7 Å². The van der Waals surface area contributed by atoms with Gasteiger partial charge in [-0.2, -0.15) is 0 Å². The predicted octanol–water partition coefficient (Wildman–Crippen LogP) is 5.11. The number of hydrogen-bond donors (Lipinski definition) is 1. The van der Waals surface area contributed by atoms with Crippen molar-refractivity contribution in [2.24, 2.45) is 5.41 Å². The first kappa shape index (κ1) is 22.4. The summed E-state index contributed by atoms with van der Waals surface area (Å²) in [5.74, 6) is 0.716. The summed E-state index contributed by atoms with van der Waals surface area (Å²) in [6, 6.07) is 16.2. The minimum absolute atomic E-state index is 0.283.